The Hall–Kier alpha value is -3.10. The van der Waals surface area contributed by atoms with Crippen molar-refractivity contribution in [3.05, 3.63) is 66.2 Å². The van der Waals surface area contributed by atoms with Gasteiger partial charge in [0.2, 0.25) is 6.54 Å². The number of carbonyl (C=O) groups is 2. The Morgan fingerprint density at radius 3 is 2.17 bits per heavy atom. The van der Waals surface area contributed by atoms with Crippen molar-refractivity contribution in [2.75, 3.05) is 13.6 Å². The van der Waals surface area contributed by atoms with Crippen LogP contribution in [0.15, 0.2) is 60.7 Å². The molecule has 23 heavy (non-hydrogen) atoms. The molecular formula is C18H17N2O3+. The number of rotatable bonds is 4. The number of para-hydroxylation sites is 1. The van der Waals surface area contributed by atoms with Crippen molar-refractivity contribution in [2.24, 2.45) is 0 Å². The molecule has 0 radical (unpaired) electrons. The Morgan fingerprint density at radius 2 is 1.61 bits per heavy atom. The molecule has 5 heteroatoms. The minimum absolute atomic E-state index is 0.265. The fourth-order valence-electron chi connectivity index (χ4n) is 2.13. The van der Waals surface area contributed by atoms with Crippen molar-refractivity contribution in [1.29, 1.82) is 0 Å². The number of quaternary nitrogens is 1. The molecule has 116 valence electrons. The van der Waals surface area contributed by atoms with E-state index in [1.54, 1.807) is 43.4 Å². The molecule has 0 aliphatic heterocycles. The Morgan fingerprint density at radius 1 is 1.04 bits per heavy atom. The number of carboxylic acids is 1. The van der Waals surface area contributed by atoms with Crippen molar-refractivity contribution >= 4 is 17.6 Å². The molecule has 1 amide bonds. The highest BCUT2D eigenvalue weighted by atomic mass is 16.4. The lowest BCUT2D eigenvalue weighted by atomic mass is 10.2. The van der Waals surface area contributed by atoms with Crippen LogP contribution >= 0.6 is 0 Å². The van der Waals surface area contributed by atoms with E-state index >= 15 is 0 Å². The molecular weight excluding hydrogens is 292 g/mol. The molecule has 2 aromatic rings. The number of carboxylic acid groups (broad SMARTS) is 1. The highest BCUT2D eigenvalue weighted by molar-refractivity contribution is 5.94. The predicted molar refractivity (Wildman–Crippen MR) is 88.1 cm³/mol. The zero-order valence-electron chi connectivity index (χ0n) is 12.7. The van der Waals surface area contributed by atoms with E-state index in [0.717, 1.165) is 5.56 Å². The first kappa shape index (κ1) is 16.3. The fourth-order valence-corrected chi connectivity index (χ4v) is 2.13. The van der Waals surface area contributed by atoms with Gasteiger partial charge in [0.1, 0.15) is 0 Å². The third-order valence-electron chi connectivity index (χ3n) is 3.22. The number of nitrogens with one attached hydrogen (secondary N) is 1. The van der Waals surface area contributed by atoms with Crippen LogP contribution in [-0.4, -0.2) is 30.6 Å². The second kappa shape index (κ2) is 7.25. The molecule has 0 aromatic heterocycles. The smallest absolute Gasteiger partial charge is 0.362 e. The highest BCUT2D eigenvalue weighted by Gasteiger charge is 2.30. The Labute approximate surface area is 134 Å². The molecule has 0 spiro atoms. The molecule has 0 heterocycles. The summed E-state index contributed by atoms with van der Waals surface area (Å²) in [5.41, 5.74) is 4.03. The van der Waals surface area contributed by atoms with Crippen molar-refractivity contribution in [2.45, 2.75) is 0 Å². The molecule has 2 rings (SSSR count). The maximum atomic E-state index is 12.1. The first-order valence-corrected chi connectivity index (χ1v) is 7.02. The van der Waals surface area contributed by atoms with Crippen LogP contribution in [0.25, 0.3) is 0 Å². The minimum atomic E-state index is -1.02. The number of likely N-dealkylation sites (N-methyl/N-ethyl adjacent to an activating group) is 1. The summed E-state index contributed by atoms with van der Waals surface area (Å²) in [7, 11) is 1.62. The lowest BCUT2D eigenvalue weighted by molar-refractivity contribution is -0.138. The number of amides is 1. The predicted octanol–water partition coefficient (Wildman–Crippen LogP) is 1.79. The van der Waals surface area contributed by atoms with Gasteiger partial charge in [-0.25, -0.2) is 4.79 Å². The minimum Gasteiger partial charge on any atom is -0.477 e. The second-order valence-electron chi connectivity index (χ2n) is 5.14. The number of hydrogen-bond donors (Lipinski definition) is 2. The summed E-state index contributed by atoms with van der Waals surface area (Å²) in [4.78, 5) is 23.2. The van der Waals surface area contributed by atoms with E-state index in [1.807, 2.05) is 24.3 Å². The van der Waals surface area contributed by atoms with E-state index in [2.05, 4.69) is 17.3 Å². The summed E-state index contributed by atoms with van der Waals surface area (Å²) in [5, 5.41) is 9.13. The lowest BCUT2D eigenvalue weighted by Gasteiger charge is -2.30. The highest BCUT2D eigenvalue weighted by Crippen LogP contribution is 2.17. The van der Waals surface area contributed by atoms with Gasteiger partial charge in [0.15, 0.2) is 5.69 Å². The van der Waals surface area contributed by atoms with Gasteiger partial charge in [-0.05, 0) is 12.1 Å². The molecule has 0 aliphatic rings. The van der Waals surface area contributed by atoms with Crippen molar-refractivity contribution in [3.63, 3.8) is 0 Å². The summed E-state index contributed by atoms with van der Waals surface area (Å²) in [6.07, 6.45) is 0. The van der Waals surface area contributed by atoms with Crippen LogP contribution in [-0.2, 0) is 9.59 Å². The molecule has 2 N–H and O–H groups in total. The molecule has 0 aliphatic carbocycles. The van der Waals surface area contributed by atoms with Gasteiger partial charge in [-0.3, -0.25) is 4.79 Å². The summed E-state index contributed by atoms with van der Waals surface area (Å²) < 4.78 is -0.265. The summed E-state index contributed by atoms with van der Waals surface area (Å²) in [6, 6.07) is 18.0. The van der Waals surface area contributed by atoms with Crippen LogP contribution in [0.5, 0.6) is 0 Å². The fraction of sp³-hybridized carbons (Fsp3) is 0.111. The number of benzene rings is 2. The molecule has 0 bridgehead atoms. The molecule has 0 unspecified atom stereocenters. The van der Waals surface area contributed by atoms with E-state index in [9.17, 15) is 9.59 Å². The van der Waals surface area contributed by atoms with E-state index in [4.69, 9.17) is 5.11 Å². The topological polar surface area (TPSA) is 66.4 Å². The largest absolute Gasteiger partial charge is 0.477 e. The van der Waals surface area contributed by atoms with Gasteiger partial charge in [-0.2, -0.15) is 10.0 Å². The van der Waals surface area contributed by atoms with Gasteiger partial charge in [0, 0.05) is 23.6 Å². The van der Waals surface area contributed by atoms with Gasteiger partial charge in [-0.1, -0.05) is 42.3 Å². The van der Waals surface area contributed by atoms with Gasteiger partial charge >= 0.3 is 11.9 Å². The van der Waals surface area contributed by atoms with Gasteiger partial charge in [0.05, 0.1) is 7.05 Å². The molecule has 5 nitrogen and oxygen atoms in total. The van der Waals surface area contributed by atoms with Crippen LogP contribution in [0.4, 0.5) is 5.69 Å². The monoisotopic (exact) mass is 309 g/mol. The third kappa shape index (κ3) is 4.70. The average Bonchev–Trinajstić information content (AvgIpc) is 2.54. The van der Waals surface area contributed by atoms with Crippen LogP contribution < -0.4 is 10.0 Å². The Balaban J connectivity index is 2.20. The third-order valence-corrected chi connectivity index (χ3v) is 3.22. The zero-order valence-corrected chi connectivity index (χ0v) is 12.7. The van der Waals surface area contributed by atoms with E-state index in [1.165, 1.54) is 0 Å². The summed E-state index contributed by atoms with van der Waals surface area (Å²) in [6.45, 7) is -0.289. The van der Waals surface area contributed by atoms with Crippen LogP contribution in [0.2, 0.25) is 0 Å². The Bertz CT molecular complexity index is 748. The normalized spacial score (nSPS) is 12.4. The van der Waals surface area contributed by atoms with Crippen molar-refractivity contribution in [1.82, 2.24) is 10.0 Å². The average molecular weight is 309 g/mol. The molecule has 0 fully saturated rings. The second-order valence-corrected chi connectivity index (χ2v) is 5.14. The van der Waals surface area contributed by atoms with Gasteiger partial charge < -0.3 is 5.11 Å². The number of aliphatic carboxylic acids is 1. The van der Waals surface area contributed by atoms with Crippen molar-refractivity contribution in [3.8, 4) is 11.8 Å². The summed E-state index contributed by atoms with van der Waals surface area (Å²) >= 11 is 0. The number of hydrogen-bond acceptors (Lipinski definition) is 2. The van der Waals surface area contributed by atoms with Crippen LogP contribution in [0, 0.1) is 11.8 Å². The van der Waals surface area contributed by atoms with Gasteiger partial charge in [-0.15, -0.1) is 0 Å². The maximum Gasteiger partial charge on any atom is 0.362 e. The molecule has 0 saturated heterocycles. The van der Waals surface area contributed by atoms with Crippen LogP contribution in [0.1, 0.15) is 5.56 Å². The number of carbonyl (C=O) groups excluding carboxylic acids is 1. The lowest BCUT2D eigenvalue weighted by Crippen LogP contribution is -2.60. The molecule has 0 saturated carbocycles. The van der Waals surface area contributed by atoms with E-state index in [0.29, 0.717) is 5.69 Å². The molecule has 1 atom stereocenters. The van der Waals surface area contributed by atoms with Crippen LogP contribution in [0.3, 0.4) is 0 Å². The van der Waals surface area contributed by atoms with E-state index < -0.39 is 11.9 Å². The van der Waals surface area contributed by atoms with E-state index in [-0.39, 0.29) is 11.1 Å². The summed E-state index contributed by atoms with van der Waals surface area (Å²) in [5.74, 6) is 3.68. The number of nitrogens with zero attached hydrogens (tertiary/aromatic N) is 1. The van der Waals surface area contributed by atoms with Gasteiger partial charge in [0.25, 0.3) is 0 Å². The molecule has 2 aromatic carbocycles. The maximum absolute atomic E-state index is 12.1. The quantitative estimate of drug-likeness (QED) is 0.514. The first-order valence-electron chi connectivity index (χ1n) is 7.02. The SMILES string of the molecule is C[N@@+](CC(=O)O)(NC(=O)C#Cc1ccccc1)c1ccccc1. The Kier molecular flexibility index (Phi) is 5.13. The zero-order chi connectivity index (χ0) is 16.7. The standard InChI is InChI=1S/C18H16N2O3/c1-20(14-18(22)23,16-10-6-3-7-11-16)19-17(21)13-12-15-8-4-2-5-9-15/h2-11H,14H2,1H3,(H-,19,21,22,23)/p+1/t20-/m0/s1. The van der Waals surface area contributed by atoms with Crippen molar-refractivity contribution < 1.29 is 14.7 Å². The first-order chi connectivity index (χ1) is 11.0.